The van der Waals surface area contributed by atoms with E-state index >= 15 is 0 Å². The highest BCUT2D eigenvalue weighted by Gasteiger charge is 2.51. The van der Waals surface area contributed by atoms with Gasteiger partial charge >= 0.3 is 0 Å². The van der Waals surface area contributed by atoms with E-state index in [-0.39, 0.29) is 17.7 Å². The van der Waals surface area contributed by atoms with Gasteiger partial charge < -0.3 is 4.90 Å². The molecule has 1 heterocycles. The Morgan fingerprint density at radius 1 is 1.10 bits per heavy atom. The van der Waals surface area contributed by atoms with Crippen molar-refractivity contribution < 1.29 is 9.59 Å². The maximum Gasteiger partial charge on any atom is 0.291 e. The molecule has 1 atom stereocenters. The van der Waals surface area contributed by atoms with Gasteiger partial charge in [-0.2, -0.15) is 0 Å². The molecule has 3 rings (SSSR count). The van der Waals surface area contributed by atoms with Crippen LogP contribution in [0.15, 0.2) is 30.3 Å². The summed E-state index contributed by atoms with van der Waals surface area (Å²) in [7, 11) is 0. The molecule has 0 N–H and O–H groups in total. The second kappa shape index (κ2) is 5.91. The minimum atomic E-state index is -0.747. The first-order chi connectivity index (χ1) is 10.1. The van der Waals surface area contributed by atoms with Crippen molar-refractivity contribution in [3.8, 4) is 0 Å². The lowest BCUT2D eigenvalue weighted by molar-refractivity contribution is -0.141. The molecule has 2 fully saturated rings. The van der Waals surface area contributed by atoms with Crippen molar-refractivity contribution in [3.63, 3.8) is 0 Å². The zero-order chi connectivity index (χ0) is 14.9. The number of rotatable bonds is 3. The van der Waals surface area contributed by atoms with Gasteiger partial charge in [-0.1, -0.05) is 65.5 Å². The molecule has 1 aromatic rings. The number of ketones is 1. The van der Waals surface area contributed by atoms with E-state index in [0.717, 1.165) is 31.2 Å². The molecule has 1 aliphatic carbocycles. The number of likely N-dealkylation sites (tertiary alicyclic amines) is 1. The van der Waals surface area contributed by atoms with Crippen molar-refractivity contribution in [1.29, 1.82) is 0 Å². The van der Waals surface area contributed by atoms with Gasteiger partial charge in [0.25, 0.3) is 5.91 Å². The molecular weight excluding hydrogens is 330 g/mol. The number of hydrogen-bond donors (Lipinski definition) is 0. The van der Waals surface area contributed by atoms with Gasteiger partial charge in [0.1, 0.15) is 4.32 Å². The van der Waals surface area contributed by atoms with Crippen LogP contribution in [0.3, 0.4) is 0 Å². The van der Waals surface area contributed by atoms with E-state index in [1.165, 1.54) is 6.42 Å². The van der Waals surface area contributed by atoms with E-state index in [2.05, 4.69) is 15.9 Å². The summed E-state index contributed by atoms with van der Waals surface area (Å²) < 4.78 is -0.747. The Morgan fingerprint density at radius 2 is 1.76 bits per heavy atom. The first-order valence-corrected chi connectivity index (χ1v) is 8.48. The Bertz CT molecular complexity index is 539. The summed E-state index contributed by atoms with van der Waals surface area (Å²) in [5, 5.41) is 0. The normalized spacial score (nSPS) is 27.4. The molecule has 21 heavy (non-hydrogen) atoms. The summed E-state index contributed by atoms with van der Waals surface area (Å²) in [5.74, 6) is -0.577. The van der Waals surface area contributed by atoms with Gasteiger partial charge in [0.15, 0.2) is 0 Å². The second-order valence-electron chi connectivity index (χ2n) is 6.18. The van der Waals surface area contributed by atoms with E-state index in [1.807, 2.05) is 35.2 Å². The zero-order valence-corrected chi connectivity index (χ0v) is 13.6. The van der Waals surface area contributed by atoms with Gasteiger partial charge in [-0.05, 0) is 24.8 Å². The van der Waals surface area contributed by atoms with Crippen LogP contribution < -0.4 is 0 Å². The number of halogens is 1. The van der Waals surface area contributed by atoms with Crippen LogP contribution in [0.25, 0.3) is 0 Å². The van der Waals surface area contributed by atoms with Crippen LogP contribution in [0, 0.1) is 0 Å². The second-order valence-corrected chi connectivity index (χ2v) is 7.70. The topological polar surface area (TPSA) is 37.4 Å². The number of hydrogen-bond acceptors (Lipinski definition) is 2. The molecule has 0 radical (unpaired) electrons. The van der Waals surface area contributed by atoms with Crippen LogP contribution in [0.5, 0.6) is 0 Å². The third-order valence-corrected chi connectivity index (χ3v) is 5.52. The third-order valence-electron chi connectivity index (χ3n) is 4.63. The number of amides is 1. The third kappa shape index (κ3) is 2.91. The molecule has 112 valence electrons. The molecule has 0 bridgehead atoms. The van der Waals surface area contributed by atoms with Crippen molar-refractivity contribution in [2.24, 2.45) is 0 Å². The zero-order valence-electron chi connectivity index (χ0n) is 12.1. The van der Waals surface area contributed by atoms with Gasteiger partial charge in [0.05, 0.1) is 0 Å². The van der Waals surface area contributed by atoms with E-state index < -0.39 is 4.32 Å². The van der Waals surface area contributed by atoms with Crippen LogP contribution in [0.2, 0.25) is 0 Å². The van der Waals surface area contributed by atoms with Gasteiger partial charge in [0.2, 0.25) is 5.78 Å². The predicted molar refractivity (Wildman–Crippen MR) is 85.4 cm³/mol. The lowest BCUT2D eigenvalue weighted by Crippen LogP contribution is -2.39. The molecule has 3 nitrogen and oxygen atoms in total. The Morgan fingerprint density at radius 3 is 2.43 bits per heavy atom. The number of carbonyl (C=O) groups is 2. The monoisotopic (exact) mass is 349 g/mol. The van der Waals surface area contributed by atoms with Gasteiger partial charge in [-0.25, -0.2) is 0 Å². The molecule has 1 aliphatic heterocycles. The largest absolute Gasteiger partial charge is 0.331 e. The number of Topliss-reactive ketones (excluding diaryl/α,β-unsaturated/α-hetero) is 1. The van der Waals surface area contributed by atoms with Crippen LogP contribution in [0.1, 0.15) is 37.7 Å². The Kier molecular flexibility index (Phi) is 4.16. The van der Waals surface area contributed by atoms with E-state index in [0.29, 0.717) is 13.0 Å². The molecular formula is C17H20BrNO2. The fourth-order valence-corrected chi connectivity index (χ4v) is 4.24. The van der Waals surface area contributed by atoms with Gasteiger partial charge in [0, 0.05) is 12.6 Å². The average molecular weight is 350 g/mol. The standard InChI is InChI=1S/C17H20BrNO2/c18-17(11-13-7-3-1-4-8-13)12-19(16(21)15(17)20)14-9-5-2-6-10-14/h1,3-4,7-8,14H,2,5-6,9-12H2/t17-/m0/s1. The van der Waals surface area contributed by atoms with Crippen molar-refractivity contribution >= 4 is 27.6 Å². The molecule has 0 spiro atoms. The molecule has 2 aliphatic rings. The smallest absolute Gasteiger partial charge is 0.291 e. The summed E-state index contributed by atoms with van der Waals surface area (Å²) >= 11 is 3.58. The van der Waals surface area contributed by atoms with Crippen LogP contribution in [-0.2, 0) is 16.0 Å². The molecule has 1 aromatic carbocycles. The van der Waals surface area contributed by atoms with Crippen molar-refractivity contribution in [2.45, 2.75) is 48.9 Å². The van der Waals surface area contributed by atoms with Gasteiger partial charge in [-0.15, -0.1) is 0 Å². The Balaban J connectivity index is 1.77. The highest BCUT2D eigenvalue weighted by Crippen LogP contribution is 2.35. The molecule has 1 amide bonds. The Labute approximate surface area is 133 Å². The summed E-state index contributed by atoms with van der Waals surface area (Å²) in [6.07, 6.45) is 6.21. The predicted octanol–water partition coefficient (Wildman–Crippen LogP) is 3.11. The van der Waals surface area contributed by atoms with Crippen LogP contribution in [-0.4, -0.2) is 33.5 Å². The summed E-state index contributed by atoms with van der Waals surface area (Å²) in [5.41, 5.74) is 1.08. The minimum Gasteiger partial charge on any atom is -0.331 e. The Hall–Kier alpha value is -1.16. The average Bonchev–Trinajstić information content (AvgIpc) is 2.74. The van der Waals surface area contributed by atoms with E-state index in [9.17, 15) is 9.59 Å². The molecule has 4 heteroatoms. The fraction of sp³-hybridized carbons (Fsp3) is 0.529. The summed E-state index contributed by atoms with van der Waals surface area (Å²) in [4.78, 5) is 26.6. The maximum absolute atomic E-state index is 12.4. The SMILES string of the molecule is O=C1C(=O)[C@](Br)(Cc2ccccc2)CN1C1CCCCC1. The number of nitrogens with zero attached hydrogens (tertiary/aromatic N) is 1. The van der Waals surface area contributed by atoms with E-state index in [1.54, 1.807) is 0 Å². The van der Waals surface area contributed by atoms with Crippen LogP contribution in [0.4, 0.5) is 0 Å². The highest BCUT2D eigenvalue weighted by atomic mass is 79.9. The molecule has 0 unspecified atom stereocenters. The lowest BCUT2D eigenvalue weighted by Gasteiger charge is -2.31. The quantitative estimate of drug-likeness (QED) is 0.621. The minimum absolute atomic E-state index is 0.255. The molecule has 1 saturated heterocycles. The first kappa shape index (κ1) is 14.8. The molecule has 0 aromatic heterocycles. The van der Waals surface area contributed by atoms with Crippen molar-refractivity contribution in [2.75, 3.05) is 6.54 Å². The van der Waals surface area contributed by atoms with Crippen LogP contribution >= 0.6 is 15.9 Å². The number of benzene rings is 1. The summed E-state index contributed by atoms with van der Waals surface area (Å²) in [6.45, 7) is 0.504. The highest BCUT2D eigenvalue weighted by molar-refractivity contribution is 9.10. The van der Waals surface area contributed by atoms with E-state index in [4.69, 9.17) is 0 Å². The van der Waals surface area contributed by atoms with Crippen molar-refractivity contribution in [3.05, 3.63) is 35.9 Å². The van der Waals surface area contributed by atoms with Crippen molar-refractivity contribution in [1.82, 2.24) is 4.90 Å². The number of carbonyl (C=O) groups excluding carboxylic acids is 2. The summed E-state index contributed by atoms with van der Waals surface area (Å²) in [6, 6.07) is 10.1. The first-order valence-electron chi connectivity index (χ1n) is 7.68. The number of alkyl halides is 1. The van der Waals surface area contributed by atoms with Gasteiger partial charge in [-0.3, -0.25) is 9.59 Å². The maximum atomic E-state index is 12.4. The lowest BCUT2D eigenvalue weighted by atomic mass is 9.94. The fourth-order valence-electron chi connectivity index (χ4n) is 3.48. The molecule has 1 saturated carbocycles.